The fourth-order valence-corrected chi connectivity index (χ4v) is 2.49. The van der Waals surface area contributed by atoms with Gasteiger partial charge in [0.15, 0.2) is 0 Å². The number of ether oxygens (including phenoxy) is 1. The van der Waals surface area contributed by atoms with E-state index in [1.54, 1.807) is 0 Å². The van der Waals surface area contributed by atoms with Crippen LogP contribution in [0.1, 0.15) is 24.5 Å². The second kappa shape index (κ2) is 7.69. The Balaban J connectivity index is 2.01. The normalized spacial score (nSPS) is 12.2. The van der Waals surface area contributed by atoms with Crippen molar-refractivity contribution in [2.24, 2.45) is 5.73 Å². The average molecular weight is 324 g/mol. The van der Waals surface area contributed by atoms with Crippen molar-refractivity contribution >= 4 is 23.2 Å². The van der Waals surface area contributed by atoms with E-state index in [1.807, 2.05) is 42.5 Å². The molecule has 2 nitrogen and oxygen atoms in total. The third kappa shape index (κ3) is 4.92. The molecule has 2 rings (SSSR count). The maximum Gasteiger partial charge on any atom is 0.138 e. The van der Waals surface area contributed by atoms with Crippen molar-refractivity contribution < 1.29 is 4.74 Å². The smallest absolute Gasteiger partial charge is 0.138 e. The zero-order valence-electron chi connectivity index (χ0n) is 12.0. The number of hydrogen-bond donors (Lipinski definition) is 1. The van der Waals surface area contributed by atoms with Crippen LogP contribution in [-0.4, -0.2) is 6.04 Å². The van der Waals surface area contributed by atoms with Gasteiger partial charge in [0.1, 0.15) is 12.4 Å². The van der Waals surface area contributed by atoms with E-state index >= 15 is 0 Å². The molecule has 0 spiro atoms. The Bertz CT molecular complexity index is 601. The van der Waals surface area contributed by atoms with E-state index in [9.17, 15) is 0 Å². The highest BCUT2D eigenvalue weighted by Crippen LogP contribution is 2.27. The van der Waals surface area contributed by atoms with E-state index in [-0.39, 0.29) is 6.04 Å². The van der Waals surface area contributed by atoms with Gasteiger partial charge in [-0.15, -0.1) is 0 Å². The van der Waals surface area contributed by atoms with Crippen molar-refractivity contribution in [3.63, 3.8) is 0 Å². The van der Waals surface area contributed by atoms with E-state index in [1.165, 1.54) is 0 Å². The highest BCUT2D eigenvalue weighted by atomic mass is 35.5. The van der Waals surface area contributed by atoms with Crippen LogP contribution in [0.2, 0.25) is 10.0 Å². The maximum absolute atomic E-state index is 6.26. The number of nitrogens with two attached hydrogens (primary N) is 1. The van der Waals surface area contributed by atoms with Crippen LogP contribution in [0.15, 0.2) is 42.5 Å². The van der Waals surface area contributed by atoms with Gasteiger partial charge in [-0.3, -0.25) is 0 Å². The van der Waals surface area contributed by atoms with E-state index in [0.717, 1.165) is 24.0 Å². The fraction of sp³-hybridized carbons (Fsp3) is 0.294. The maximum atomic E-state index is 6.26. The lowest BCUT2D eigenvalue weighted by Gasteiger charge is -2.12. The third-order valence-corrected chi connectivity index (χ3v) is 3.83. The summed E-state index contributed by atoms with van der Waals surface area (Å²) in [6.07, 6.45) is 1.77. The van der Waals surface area contributed by atoms with Crippen LogP contribution < -0.4 is 10.5 Å². The molecule has 1 unspecified atom stereocenters. The van der Waals surface area contributed by atoms with Crippen LogP contribution in [0, 0.1) is 0 Å². The summed E-state index contributed by atoms with van der Waals surface area (Å²) in [4.78, 5) is 0. The van der Waals surface area contributed by atoms with E-state index < -0.39 is 0 Å². The highest BCUT2D eigenvalue weighted by Gasteiger charge is 2.07. The summed E-state index contributed by atoms with van der Waals surface area (Å²) in [5, 5.41) is 1.31. The second-order valence-electron chi connectivity index (χ2n) is 5.06. The zero-order valence-corrected chi connectivity index (χ0v) is 13.5. The lowest BCUT2D eigenvalue weighted by Crippen LogP contribution is -2.21. The molecular weight excluding hydrogens is 305 g/mol. The van der Waals surface area contributed by atoms with Gasteiger partial charge in [-0.1, -0.05) is 48.3 Å². The van der Waals surface area contributed by atoms with Crippen LogP contribution in [0.5, 0.6) is 5.75 Å². The van der Waals surface area contributed by atoms with Gasteiger partial charge in [-0.05, 0) is 48.2 Å². The molecule has 2 N–H and O–H groups in total. The molecule has 0 aliphatic carbocycles. The van der Waals surface area contributed by atoms with Crippen LogP contribution in [-0.2, 0) is 13.0 Å². The molecule has 0 heterocycles. The minimum absolute atomic E-state index is 0.166. The summed E-state index contributed by atoms with van der Waals surface area (Å²) in [5.41, 5.74) is 8.09. The van der Waals surface area contributed by atoms with Gasteiger partial charge in [0, 0.05) is 11.1 Å². The van der Waals surface area contributed by atoms with Crippen LogP contribution in [0.25, 0.3) is 0 Å². The molecule has 0 saturated heterocycles. The molecule has 1 atom stereocenters. The van der Waals surface area contributed by atoms with Gasteiger partial charge in [0.25, 0.3) is 0 Å². The number of halogens is 2. The summed E-state index contributed by atoms with van der Waals surface area (Å²) >= 11 is 12.2. The van der Waals surface area contributed by atoms with E-state index in [0.29, 0.717) is 22.4 Å². The zero-order chi connectivity index (χ0) is 15.2. The van der Waals surface area contributed by atoms with Crippen molar-refractivity contribution in [1.29, 1.82) is 0 Å². The Kier molecular flexibility index (Phi) is 5.92. The molecule has 21 heavy (non-hydrogen) atoms. The number of benzene rings is 2. The summed E-state index contributed by atoms with van der Waals surface area (Å²) in [6.45, 7) is 2.52. The molecule has 0 bridgehead atoms. The molecule has 0 saturated carbocycles. The summed E-state index contributed by atoms with van der Waals surface area (Å²) in [5.74, 6) is 0.672. The topological polar surface area (TPSA) is 35.2 Å². The van der Waals surface area contributed by atoms with Crippen LogP contribution in [0.4, 0.5) is 0 Å². The SMILES string of the molecule is CCC(N)Cc1ccc(OCc2cccc(Cl)c2)c(Cl)c1. The monoisotopic (exact) mass is 323 g/mol. The molecule has 0 radical (unpaired) electrons. The Morgan fingerprint density at radius 1 is 1.10 bits per heavy atom. The molecule has 0 fully saturated rings. The van der Waals surface area contributed by atoms with Gasteiger partial charge in [0.2, 0.25) is 0 Å². The molecule has 0 amide bonds. The Hall–Kier alpha value is -1.22. The Morgan fingerprint density at radius 3 is 2.57 bits per heavy atom. The molecule has 2 aromatic rings. The van der Waals surface area contributed by atoms with Crippen molar-refractivity contribution in [3.8, 4) is 5.75 Å². The standard InChI is InChI=1S/C17H19Cl2NO/c1-2-15(20)9-12-6-7-17(16(19)10-12)21-11-13-4-3-5-14(18)8-13/h3-8,10,15H,2,9,11,20H2,1H3. The minimum atomic E-state index is 0.166. The van der Waals surface area contributed by atoms with Crippen molar-refractivity contribution in [1.82, 2.24) is 0 Å². The van der Waals surface area contributed by atoms with Gasteiger partial charge >= 0.3 is 0 Å². The summed E-state index contributed by atoms with van der Waals surface area (Å²) in [7, 11) is 0. The first-order valence-corrected chi connectivity index (χ1v) is 7.75. The summed E-state index contributed by atoms with van der Waals surface area (Å²) < 4.78 is 5.74. The predicted molar refractivity (Wildman–Crippen MR) is 89.2 cm³/mol. The molecular formula is C17H19Cl2NO. The van der Waals surface area contributed by atoms with E-state index in [4.69, 9.17) is 33.7 Å². The molecule has 0 aliphatic heterocycles. The Morgan fingerprint density at radius 2 is 1.90 bits per heavy atom. The molecule has 112 valence electrons. The number of rotatable bonds is 6. The summed E-state index contributed by atoms with van der Waals surface area (Å²) in [6, 6.07) is 13.6. The fourth-order valence-electron chi connectivity index (χ4n) is 2.02. The van der Waals surface area contributed by atoms with Gasteiger partial charge in [-0.25, -0.2) is 0 Å². The van der Waals surface area contributed by atoms with Gasteiger partial charge in [-0.2, -0.15) is 0 Å². The van der Waals surface area contributed by atoms with Gasteiger partial charge in [0.05, 0.1) is 5.02 Å². The van der Waals surface area contributed by atoms with Gasteiger partial charge < -0.3 is 10.5 Å². The average Bonchev–Trinajstić information content (AvgIpc) is 2.46. The largest absolute Gasteiger partial charge is 0.487 e. The van der Waals surface area contributed by atoms with Crippen molar-refractivity contribution in [2.75, 3.05) is 0 Å². The quantitative estimate of drug-likeness (QED) is 0.824. The van der Waals surface area contributed by atoms with Crippen molar-refractivity contribution in [2.45, 2.75) is 32.4 Å². The minimum Gasteiger partial charge on any atom is -0.487 e. The highest BCUT2D eigenvalue weighted by molar-refractivity contribution is 6.32. The van der Waals surface area contributed by atoms with Crippen LogP contribution >= 0.6 is 23.2 Å². The third-order valence-electron chi connectivity index (χ3n) is 3.30. The molecule has 2 aromatic carbocycles. The van der Waals surface area contributed by atoms with Crippen molar-refractivity contribution in [3.05, 3.63) is 63.6 Å². The lowest BCUT2D eigenvalue weighted by atomic mass is 10.0. The van der Waals surface area contributed by atoms with E-state index in [2.05, 4.69) is 6.92 Å². The predicted octanol–water partition coefficient (Wildman–Crippen LogP) is 4.85. The first-order valence-electron chi connectivity index (χ1n) is 6.99. The molecule has 0 aromatic heterocycles. The molecule has 0 aliphatic rings. The first kappa shape index (κ1) is 16.2. The number of hydrogen-bond acceptors (Lipinski definition) is 2. The lowest BCUT2D eigenvalue weighted by molar-refractivity contribution is 0.306. The molecule has 4 heteroatoms. The first-order chi connectivity index (χ1) is 10.1. The Labute approximate surface area is 135 Å². The second-order valence-corrected chi connectivity index (χ2v) is 5.90. The van der Waals surface area contributed by atoms with Crippen LogP contribution in [0.3, 0.4) is 0 Å².